The molecule has 6 nitrogen and oxygen atoms in total. The minimum absolute atomic E-state index is 0.149. The Kier molecular flexibility index (Phi) is 5.67. The second-order valence-electron chi connectivity index (χ2n) is 7.51. The van der Waals surface area contributed by atoms with Crippen LogP contribution in [0.5, 0.6) is 5.75 Å². The van der Waals surface area contributed by atoms with Crippen LogP contribution < -0.4 is 10.1 Å². The van der Waals surface area contributed by atoms with Crippen LogP contribution in [0.25, 0.3) is 27.0 Å². The molecular weight excluding hydrogens is 432 g/mol. The van der Waals surface area contributed by atoms with Gasteiger partial charge in [0.2, 0.25) is 0 Å². The number of nitrogens with one attached hydrogen (secondary N) is 1. The number of ether oxygens (including phenoxy) is 1. The van der Waals surface area contributed by atoms with Crippen molar-refractivity contribution in [2.24, 2.45) is 0 Å². The van der Waals surface area contributed by atoms with Crippen LogP contribution in [0.4, 0.5) is 8.78 Å². The van der Waals surface area contributed by atoms with Crippen LogP contribution in [-0.4, -0.2) is 39.9 Å². The van der Waals surface area contributed by atoms with Crippen molar-refractivity contribution in [3.63, 3.8) is 0 Å². The molecule has 1 aliphatic rings. The van der Waals surface area contributed by atoms with Crippen LogP contribution >= 0.6 is 11.3 Å². The minimum atomic E-state index is -0.693. The molecule has 0 amide bonds. The van der Waals surface area contributed by atoms with E-state index in [0.717, 1.165) is 64.3 Å². The van der Waals surface area contributed by atoms with Crippen LogP contribution in [0.3, 0.4) is 0 Å². The lowest BCUT2D eigenvalue weighted by molar-refractivity contribution is 0.325. The van der Waals surface area contributed by atoms with Crippen molar-refractivity contribution in [1.82, 2.24) is 25.1 Å². The van der Waals surface area contributed by atoms with Crippen LogP contribution in [0, 0.1) is 11.6 Å². The summed E-state index contributed by atoms with van der Waals surface area (Å²) in [6.07, 6.45) is 3.98. The topological polar surface area (TPSA) is 64.9 Å². The van der Waals surface area contributed by atoms with Gasteiger partial charge in [-0.2, -0.15) is 5.10 Å². The number of rotatable bonds is 6. The van der Waals surface area contributed by atoms with Crippen LogP contribution in [0.15, 0.2) is 42.7 Å². The summed E-state index contributed by atoms with van der Waals surface area (Å²) in [5.74, 6) is -0.0627. The largest absolute Gasteiger partial charge is 0.491 e. The lowest BCUT2D eigenvalue weighted by atomic mass is 10.1. The molecule has 1 N–H and O–H groups in total. The molecule has 1 aliphatic heterocycles. The summed E-state index contributed by atoms with van der Waals surface area (Å²) in [5, 5.41) is 7.34. The van der Waals surface area contributed by atoms with Gasteiger partial charge in [0.15, 0.2) is 11.6 Å². The first kappa shape index (κ1) is 20.7. The van der Waals surface area contributed by atoms with Gasteiger partial charge in [-0.05, 0) is 62.3 Å². The third-order valence-electron chi connectivity index (χ3n) is 5.33. The van der Waals surface area contributed by atoms with Gasteiger partial charge in [-0.15, -0.1) is 11.3 Å². The van der Waals surface area contributed by atoms with Gasteiger partial charge in [-0.25, -0.2) is 23.4 Å². The zero-order chi connectivity index (χ0) is 22.1. The number of benzene rings is 1. The number of aromatic nitrogens is 4. The molecule has 0 spiro atoms. The summed E-state index contributed by atoms with van der Waals surface area (Å²) in [7, 11) is 1.94. The van der Waals surface area contributed by atoms with Crippen molar-refractivity contribution in [1.29, 1.82) is 0 Å². The normalized spacial score (nSPS) is 12.7. The standard InChI is InChI=1S/C23H21F2N5OS/c1-26-9-2-3-16-5-7-19-21(29-16)22-14(8-10-31-19)11-20(32-22)23-27-13-28-30(23)18-6-4-15(24)12-17(18)25/h4-7,11-13,26H,2-3,8-10H2,1H3. The summed E-state index contributed by atoms with van der Waals surface area (Å²) < 4.78 is 35.1. The highest BCUT2D eigenvalue weighted by molar-refractivity contribution is 7.19. The first-order valence-electron chi connectivity index (χ1n) is 10.4. The molecule has 4 aromatic rings. The molecule has 1 aromatic carbocycles. The van der Waals surface area contributed by atoms with E-state index in [1.165, 1.54) is 34.5 Å². The fourth-order valence-electron chi connectivity index (χ4n) is 3.79. The van der Waals surface area contributed by atoms with E-state index < -0.39 is 11.6 Å². The number of hydrogen-bond donors (Lipinski definition) is 1. The average Bonchev–Trinajstić information content (AvgIpc) is 3.38. The minimum Gasteiger partial charge on any atom is -0.491 e. The molecule has 0 radical (unpaired) electrons. The highest BCUT2D eigenvalue weighted by atomic mass is 32.1. The highest BCUT2D eigenvalue weighted by Crippen LogP contribution is 2.42. The fraction of sp³-hybridized carbons (Fsp3) is 0.261. The molecule has 5 rings (SSSR count). The molecule has 0 atom stereocenters. The predicted molar refractivity (Wildman–Crippen MR) is 119 cm³/mol. The van der Waals surface area contributed by atoms with Gasteiger partial charge in [0.05, 0.1) is 16.4 Å². The Morgan fingerprint density at radius 3 is 2.94 bits per heavy atom. The fourth-order valence-corrected chi connectivity index (χ4v) is 4.97. The van der Waals surface area contributed by atoms with Crippen molar-refractivity contribution >= 4 is 11.3 Å². The Morgan fingerprint density at radius 2 is 2.09 bits per heavy atom. The Morgan fingerprint density at radius 1 is 1.19 bits per heavy atom. The van der Waals surface area contributed by atoms with Gasteiger partial charge in [0, 0.05) is 18.2 Å². The van der Waals surface area contributed by atoms with E-state index >= 15 is 0 Å². The predicted octanol–water partition coefficient (Wildman–Crippen LogP) is 4.42. The van der Waals surface area contributed by atoms with E-state index in [0.29, 0.717) is 12.4 Å². The third kappa shape index (κ3) is 3.89. The quantitative estimate of drug-likeness (QED) is 0.438. The number of aryl methyl sites for hydroxylation is 1. The molecule has 0 aliphatic carbocycles. The van der Waals surface area contributed by atoms with E-state index in [2.05, 4.69) is 15.4 Å². The van der Waals surface area contributed by atoms with Gasteiger partial charge >= 0.3 is 0 Å². The Bertz CT molecular complexity index is 1270. The molecule has 0 bridgehead atoms. The molecule has 0 unspecified atom stereocenters. The Labute approximate surface area is 187 Å². The second-order valence-corrected chi connectivity index (χ2v) is 8.56. The Hall–Kier alpha value is -3.17. The van der Waals surface area contributed by atoms with E-state index in [-0.39, 0.29) is 5.69 Å². The zero-order valence-electron chi connectivity index (χ0n) is 17.4. The Balaban J connectivity index is 1.55. The number of nitrogens with zero attached hydrogens (tertiary/aromatic N) is 4. The van der Waals surface area contributed by atoms with Gasteiger partial charge in [-0.3, -0.25) is 0 Å². The summed E-state index contributed by atoms with van der Waals surface area (Å²) >= 11 is 1.53. The van der Waals surface area contributed by atoms with Crippen molar-refractivity contribution < 1.29 is 13.5 Å². The summed E-state index contributed by atoms with van der Waals surface area (Å²) in [5.41, 5.74) is 3.10. The number of pyridine rings is 1. The maximum Gasteiger partial charge on any atom is 0.173 e. The van der Waals surface area contributed by atoms with Crippen molar-refractivity contribution in [2.45, 2.75) is 19.3 Å². The molecule has 9 heteroatoms. The highest BCUT2D eigenvalue weighted by Gasteiger charge is 2.23. The van der Waals surface area contributed by atoms with Crippen LogP contribution in [-0.2, 0) is 12.8 Å². The van der Waals surface area contributed by atoms with Crippen LogP contribution in [0.1, 0.15) is 17.7 Å². The maximum absolute atomic E-state index is 14.4. The van der Waals surface area contributed by atoms with E-state index in [1.807, 2.05) is 25.2 Å². The maximum atomic E-state index is 14.4. The molecule has 32 heavy (non-hydrogen) atoms. The average molecular weight is 454 g/mol. The van der Waals surface area contributed by atoms with E-state index in [1.54, 1.807) is 0 Å². The monoisotopic (exact) mass is 453 g/mol. The molecule has 4 heterocycles. The third-order valence-corrected chi connectivity index (χ3v) is 6.51. The van der Waals surface area contributed by atoms with Gasteiger partial charge in [-0.1, -0.05) is 0 Å². The van der Waals surface area contributed by atoms with Crippen molar-refractivity contribution in [3.8, 4) is 32.7 Å². The first-order chi connectivity index (χ1) is 15.6. The summed E-state index contributed by atoms with van der Waals surface area (Å²) in [6.45, 7) is 1.48. The second kappa shape index (κ2) is 8.76. The first-order valence-corrected chi connectivity index (χ1v) is 11.2. The number of fused-ring (bicyclic) bond motifs is 3. The smallest absolute Gasteiger partial charge is 0.173 e. The lowest BCUT2D eigenvalue weighted by Crippen LogP contribution is -2.09. The molecule has 164 valence electrons. The zero-order valence-corrected chi connectivity index (χ0v) is 18.3. The van der Waals surface area contributed by atoms with Gasteiger partial charge in [0.1, 0.15) is 29.3 Å². The van der Waals surface area contributed by atoms with Gasteiger partial charge in [0.25, 0.3) is 0 Å². The number of thiophene rings is 1. The lowest BCUT2D eigenvalue weighted by Gasteiger charge is -2.09. The molecule has 3 aromatic heterocycles. The molecular formula is C23H21F2N5OS. The molecule has 0 saturated carbocycles. The van der Waals surface area contributed by atoms with E-state index in [9.17, 15) is 8.78 Å². The number of hydrogen-bond acceptors (Lipinski definition) is 6. The number of halogens is 2. The van der Waals surface area contributed by atoms with Crippen molar-refractivity contribution in [2.75, 3.05) is 20.2 Å². The van der Waals surface area contributed by atoms with Gasteiger partial charge < -0.3 is 10.1 Å². The van der Waals surface area contributed by atoms with Crippen LogP contribution in [0.2, 0.25) is 0 Å². The summed E-state index contributed by atoms with van der Waals surface area (Å²) in [4.78, 5) is 11.1. The SMILES string of the molecule is CNCCCc1ccc2c(n1)-c1sc(-c3ncnn3-c3ccc(F)cc3F)cc1CCO2. The summed E-state index contributed by atoms with van der Waals surface area (Å²) in [6, 6.07) is 9.46. The molecule has 0 saturated heterocycles. The van der Waals surface area contributed by atoms with E-state index in [4.69, 9.17) is 9.72 Å². The van der Waals surface area contributed by atoms with Crippen molar-refractivity contribution in [3.05, 3.63) is 65.6 Å². The molecule has 0 fully saturated rings.